The lowest BCUT2D eigenvalue weighted by Gasteiger charge is -2.29. The Hall–Kier alpha value is -11.9. The third kappa shape index (κ3) is 6.80. The quantitative estimate of drug-likeness (QED) is 0.160. The largest absolute Gasteiger partial charge is 0.333 e. The van der Waals surface area contributed by atoms with Crippen LogP contribution in [0.2, 0.25) is 0 Å². The molecule has 0 spiro atoms. The molecule has 2 unspecified atom stereocenters. The summed E-state index contributed by atoms with van der Waals surface area (Å²) < 4.78 is 12.3. The van der Waals surface area contributed by atoms with Crippen LogP contribution in [0, 0.1) is 0 Å². The van der Waals surface area contributed by atoms with Crippen LogP contribution in [0.4, 0.5) is 11.4 Å². The van der Waals surface area contributed by atoms with E-state index in [0.717, 1.165) is 72.9 Å². The second-order valence-corrected chi connectivity index (χ2v) is 24.2. The van der Waals surface area contributed by atoms with Crippen molar-refractivity contribution in [2.45, 2.75) is 12.0 Å². The van der Waals surface area contributed by atoms with E-state index in [4.69, 9.17) is 4.98 Å². The van der Waals surface area contributed by atoms with Gasteiger partial charge in [-0.3, -0.25) is 4.57 Å². The SMILES string of the molecule is C1=CC2c3ccc4c(c3N(c3ccccc3)C2C=C1)c1ccccc1n4-c1cccc(-c2cc(-n3c4ccccc4c4c3ccc3c5ccccc5n(-c5ccccc5)c34)cc(-n3c4ccccc4c4c3ccc3c5ccccc5n(-c5ccccc5)c34)c2)n1. The maximum atomic E-state index is 5.85. The van der Waals surface area contributed by atoms with Crippen molar-refractivity contribution in [3.8, 4) is 39.8 Å². The third-order valence-electron chi connectivity index (χ3n) is 19.5. The van der Waals surface area contributed by atoms with Crippen LogP contribution in [0.3, 0.4) is 0 Å². The molecule has 0 fully saturated rings. The van der Waals surface area contributed by atoms with Crippen LogP contribution in [0.5, 0.6) is 0 Å². The summed E-state index contributed by atoms with van der Waals surface area (Å²) in [6.45, 7) is 0. The first-order valence-corrected chi connectivity index (χ1v) is 31.1. The average Bonchev–Trinajstić information content (AvgIpc) is 2.20. The first-order valence-electron chi connectivity index (χ1n) is 31.1. The molecule has 2 atom stereocenters. The van der Waals surface area contributed by atoms with Crippen LogP contribution >= 0.6 is 0 Å². The fourth-order valence-electron chi connectivity index (χ4n) is 16.0. The Morgan fingerprint density at radius 3 is 1.26 bits per heavy atom. The van der Waals surface area contributed by atoms with Gasteiger partial charge >= 0.3 is 0 Å². The maximum absolute atomic E-state index is 5.85. The van der Waals surface area contributed by atoms with Gasteiger partial charge in [-0.15, -0.1) is 0 Å². The molecule has 0 bridgehead atoms. The molecule has 7 nitrogen and oxygen atoms in total. The van der Waals surface area contributed by atoms with Gasteiger partial charge in [-0.1, -0.05) is 194 Å². The van der Waals surface area contributed by atoms with Crippen LogP contribution in [-0.2, 0) is 0 Å². The highest BCUT2D eigenvalue weighted by Gasteiger charge is 2.40. The van der Waals surface area contributed by atoms with Gasteiger partial charge in [-0.05, 0) is 121 Å². The molecule has 0 saturated heterocycles. The second kappa shape index (κ2) is 18.8. The number of nitrogens with zero attached hydrogens (tertiary/aromatic N) is 7. The van der Waals surface area contributed by atoms with E-state index in [1.807, 2.05) is 0 Å². The van der Waals surface area contributed by atoms with Crippen LogP contribution in [0.25, 0.3) is 149 Å². The smallest absolute Gasteiger partial charge is 0.138 e. The minimum atomic E-state index is 0.159. The number of anilines is 2. The standard InChI is InChI=1S/C83H53N7/c1-4-23-53(24-5-1)87-68-36-16-10-29-58(68)61-43-46-74-78(81(61)87)64-32-13-19-39-71(64)85(74)56-49-52(50-57(51-56)86-72-40-20-14-33-65(72)79-75(86)47-44-62-59-30-11-17-37-69(59)88(82(62)79)54-25-6-2-7-26-54)67-35-22-42-77(84-67)90-73-41-21-15-34-66(73)80-76(90)48-45-63-60-31-12-18-38-70(60)89(83(63)80)55-27-8-3-9-28-55/h1-51,60,70H. The van der Waals surface area contributed by atoms with Crippen molar-refractivity contribution in [1.29, 1.82) is 0 Å². The summed E-state index contributed by atoms with van der Waals surface area (Å²) in [7, 11) is 0. The second-order valence-electron chi connectivity index (χ2n) is 24.2. The Kier molecular flexibility index (Phi) is 10.3. The summed E-state index contributed by atoms with van der Waals surface area (Å²) in [5, 5.41) is 12.1. The van der Waals surface area contributed by atoms with E-state index in [1.165, 1.54) is 92.9 Å². The molecule has 90 heavy (non-hydrogen) atoms. The normalized spacial score (nSPS) is 14.8. The van der Waals surface area contributed by atoms with Crippen molar-refractivity contribution in [3.05, 3.63) is 315 Å². The number of allylic oxidation sites excluding steroid dienone is 2. The summed E-state index contributed by atoms with van der Waals surface area (Å²) in [5.74, 6) is 1.08. The number of aromatic nitrogens is 6. The van der Waals surface area contributed by atoms with Crippen LogP contribution < -0.4 is 4.90 Å². The lowest BCUT2D eigenvalue weighted by molar-refractivity contribution is 0.745. The number of pyridine rings is 1. The molecule has 7 heterocycles. The first kappa shape index (κ1) is 49.2. The number of benzene rings is 12. The molecule has 20 rings (SSSR count). The molecule has 0 saturated carbocycles. The first-order chi connectivity index (χ1) is 44.7. The van der Waals surface area contributed by atoms with Gasteiger partial charge in [0.1, 0.15) is 5.82 Å². The summed E-state index contributed by atoms with van der Waals surface area (Å²) in [6, 6.07) is 105. The number of hydrogen-bond donors (Lipinski definition) is 0. The van der Waals surface area contributed by atoms with E-state index in [9.17, 15) is 0 Å². The topological polar surface area (TPSA) is 40.8 Å². The van der Waals surface area contributed by atoms with Gasteiger partial charge < -0.3 is 23.2 Å². The van der Waals surface area contributed by atoms with Gasteiger partial charge in [0.15, 0.2) is 0 Å². The molecule has 6 aromatic heterocycles. The van der Waals surface area contributed by atoms with Crippen molar-refractivity contribution in [1.82, 2.24) is 27.8 Å². The highest BCUT2D eigenvalue weighted by atomic mass is 15.2. The Morgan fingerprint density at radius 1 is 0.278 bits per heavy atom. The summed E-state index contributed by atoms with van der Waals surface area (Å²) >= 11 is 0. The van der Waals surface area contributed by atoms with Gasteiger partial charge in [-0.2, -0.15) is 0 Å². The Balaban J connectivity index is 0.872. The molecule has 1 aliphatic heterocycles. The number of para-hydroxylation sites is 8. The van der Waals surface area contributed by atoms with Crippen molar-refractivity contribution in [2.24, 2.45) is 0 Å². The minimum absolute atomic E-state index is 0.159. The Labute approximate surface area is 517 Å². The van der Waals surface area contributed by atoms with Gasteiger partial charge in [0.2, 0.25) is 0 Å². The third-order valence-corrected chi connectivity index (χ3v) is 19.5. The molecule has 1 aliphatic carbocycles. The van der Waals surface area contributed by atoms with Crippen molar-refractivity contribution < 1.29 is 0 Å². The summed E-state index contributed by atoms with van der Waals surface area (Å²) in [6.07, 6.45) is 9.15. The molecular formula is C83H53N7. The minimum Gasteiger partial charge on any atom is -0.333 e. The van der Waals surface area contributed by atoms with E-state index in [1.54, 1.807) is 0 Å². The molecule has 12 aromatic carbocycles. The Morgan fingerprint density at radius 2 is 0.711 bits per heavy atom. The zero-order valence-electron chi connectivity index (χ0n) is 48.7. The Bertz CT molecular complexity index is 5860. The highest BCUT2D eigenvalue weighted by Crippen LogP contribution is 2.54. The lowest BCUT2D eigenvalue weighted by Crippen LogP contribution is -2.28. The summed E-state index contributed by atoms with van der Waals surface area (Å²) in [4.78, 5) is 8.41. The van der Waals surface area contributed by atoms with E-state index >= 15 is 0 Å². The van der Waals surface area contributed by atoms with Crippen LogP contribution in [-0.4, -0.2) is 33.9 Å². The number of hydrogen-bond acceptors (Lipinski definition) is 2. The van der Waals surface area contributed by atoms with Crippen molar-refractivity contribution in [3.63, 3.8) is 0 Å². The fraction of sp³-hybridized carbons (Fsp3) is 0.0241. The molecule has 0 radical (unpaired) electrons. The average molecular weight is 1150 g/mol. The van der Waals surface area contributed by atoms with Gasteiger partial charge in [-0.25, -0.2) is 4.98 Å². The predicted molar refractivity (Wildman–Crippen MR) is 375 cm³/mol. The summed E-state index contributed by atoms with van der Waals surface area (Å²) in [5.41, 5.74) is 21.4. The van der Waals surface area contributed by atoms with Crippen LogP contribution in [0.1, 0.15) is 11.5 Å². The van der Waals surface area contributed by atoms with Gasteiger partial charge in [0, 0.05) is 93.8 Å². The van der Waals surface area contributed by atoms with Crippen molar-refractivity contribution in [2.75, 3.05) is 4.90 Å². The molecule has 2 aliphatic rings. The van der Waals surface area contributed by atoms with E-state index in [-0.39, 0.29) is 12.0 Å². The molecular weight excluding hydrogens is 1090 g/mol. The molecule has 7 heteroatoms. The van der Waals surface area contributed by atoms with Gasteiger partial charge in [0.25, 0.3) is 0 Å². The number of rotatable bonds is 7. The monoisotopic (exact) mass is 1150 g/mol. The lowest BCUT2D eigenvalue weighted by atomic mass is 9.91. The fourth-order valence-corrected chi connectivity index (χ4v) is 16.0. The maximum Gasteiger partial charge on any atom is 0.138 e. The zero-order valence-corrected chi connectivity index (χ0v) is 48.7. The van der Waals surface area contributed by atoms with Crippen LogP contribution in [0.15, 0.2) is 309 Å². The highest BCUT2D eigenvalue weighted by molar-refractivity contribution is 6.28. The molecule has 420 valence electrons. The van der Waals surface area contributed by atoms with Gasteiger partial charge in [0.05, 0.1) is 72.6 Å². The molecule has 18 aromatic rings. The zero-order chi connectivity index (χ0) is 58.7. The van der Waals surface area contributed by atoms with E-state index in [2.05, 4.69) is 337 Å². The van der Waals surface area contributed by atoms with E-state index < -0.39 is 0 Å². The molecule has 0 amide bonds. The predicted octanol–water partition coefficient (Wildman–Crippen LogP) is 21.0. The van der Waals surface area contributed by atoms with E-state index in [0.29, 0.717) is 0 Å². The van der Waals surface area contributed by atoms with Crippen molar-refractivity contribution >= 4 is 120 Å². The molecule has 0 N–H and O–H groups in total. The number of fused-ring (bicyclic) bond motifs is 21.